The molecule has 8 heteroatoms. The Morgan fingerprint density at radius 1 is 1.09 bits per heavy atom. The molecule has 2 aromatic rings. The van der Waals surface area contributed by atoms with Gasteiger partial charge in [-0.05, 0) is 67.9 Å². The largest absolute Gasteiger partial charge is 0.490 e. The van der Waals surface area contributed by atoms with E-state index in [-0.39, 0.29) is 17.4 Å². The quantitative estimate of drug-likeness (QED) is 0.547. The summed E-state index contributed by atoms with van der Waals surface area (Å²) in [4.78, 5) is 17.2. The van der Waals surface area contributed by atoms with Gasteiger partial charge < -0.3 is 24.6 Å². The summed E-state index contributed by atoms with van der Waals surface area (Å²) in [5.41, 5.74) is 3.65. The average molecular weight is 460 g/mol. The van der Waals surface area contributed by atoms with Gasteiger partial charge in [-0.2, -0.15) is 8.78 Å². The third-order valence-electron chi connectivity index (χ3n) is 5.54. The third-order valence-corrected chi connectivity index (χ3v) is 5.54. The molecule has 0 saturated carbocycles. The predicted molar refractivity (Wildman–Crippen MR) is 127 cm³/mol. The van der Waals surface area contributed by atoms with Gasteiger partial charge in [0.25, 0.3) is 0 Å². The molecule has 0 bridgehead atoms. The Morgan fingerprint density at radius 2 is 1.85 bits per heavy atom. The van der Waals surface area contributed by atoms with Crippen molar-refractivity contribution >= 4 is 23.4 Å². The standard InChI is InChI=1S/C25H31F2N3O3/c1-4-29-12-14-30(15-13-29)21-9-8-20(16-18(21)3)28-24(31)11-7-19-6-10-22(33-25(26)27)23(17-19)32-5-2/h6-11,16-17,25H,4-5,12-15H2,1-3H3,(H,28,31)/b11-7+. The first-order chi connectivity index (χ1) is 15.9. The van der Waals surface area contributed by atoms with Crippen LogP contribution in [0.2, 0.25) is 0 Å². The Balaban J connectivity index is 1.62. The fourth-order valence-corrected chi connectivity index (χ4v) is 3.84. The molecule has 6 nitrogen and oxygen atoms in total. The van der Waals surface area contributed by atoms with Crippen LogP contribution in [0.4, 0.5) is 20.2 Å². The molecule has 0 aromatic heterocycles. The molecular formula is C25H31F2N3O3. The lowest BCUT2D eigenvalue weighted by Gasteiger charge is -2.36. The second-order valence-corrected chi connectivity index (χ2v) is 7.76. The predicted octanol–water partition coefficient (Wildman–Crippen LogP) is 4.79. The Bertz CT molecular complexity index is 973. The highest BCUT2D eigenvalue weighted by molar-refractivity contribution is 6.02. The van der Waals surface area contributed by atoms with Crippen molar-refractivity contribution in [2.24, 2.45) is 0 Å². The van der Waals surface area contributed by atoms with Crippen molar-refractivity contribution in [3.8, 4) is 11.5 Å². The minimum absolute atomic E-state index is 0.0416. The zero-order valence-electron chi connectivity index (χ0n) is 19.3. The fraction of sp³-hybridized carbons (Fsp3) is 0.400. The van der Waals surface area contributed by atoms with Crippen molar-refractivity contribution < 1.29 is 23.0 Å². The molecule has 1 saturated heterocycles. The highest BCUT2D eigenvalue weighted by Crippen LogP contribution is 2.30. The molecule has 1 amide bonds. The summed E-state index contributed by atoms with van der Waals surface area (Å²) in [6.45, 7) is 8.52. The van der Waals surface area contributed by atoms with E-state index in [1.165, 1.54) is 17.8 Å². The molecule has 1 N–H and O–H groups in total. The number of ether oxygens (including phenoxy) is 2. The fourth-order valence-electron chi connectivity index (χ4n) is 3.84. The first-order valence-corrected chi connectivity index (χ1v) is 11.2. The average Bonchev–Trinajstić information content (AvgIpc) is 2.79. The SMILES string of the molecule is CCOc1cc(/C=C/C(=O)Nc2ccc(N3CCN(CC)CC3)c(C)c2)ccc1OC(F)F. The number of rotatable bonds is 9. The van der Waals surface area contributed by atoms with E-state index in [1.807, 2.05) is 25.1 Å². The number of carbonyl (C=O) groups is 1. The molecule has 33 heavy (non-hydrogen) atoms. The normalized spacial score (nSPS) is 14.7. The number of alkyl halides is 2. The van der Waals surface area contributed by atoms with Crippen molar-refractivity contribution in [2.45, 2.75) is 27.4 Å². The number of hydrogen-bond donors (Lipinski definition) is 1. The second-order valence-electron chi connectivity index (χ2n) is 7.76. The number of amides is 1. The molecular weight excluding hydrogens is 428 g/mol. The maximum atomic E-state index is 12.5. The molecule has 178 valence electrons. The Labute approximate surface area is 193 Å². The maximum absolute atomic E-state index is 12.5. The molecule has 3 rings (SSSR count). The van der Waals surface area contributed by atoms with Crippen molar-refractivity contribution in [2.75, 3.05) is 49.5 Å². The molecule has 2 aromatic carbocycles. The lowest BCUT2D eigenvalue weighted by molar-refractivity contribution is -0.111. The van der Waals surface area contributed by atoms with Gasteiger partial charge in [0, 0.05) is 43.6 Å². The molecule has 0 aliphatic carbocycles. The number of nitrogens with zero attached hydrogens (tertiary/aromatic N) is 2. The van der Waals surface area contributed by atoms with E-state index < -0.39 is 6.61 Å². The minimum atomic E-state index is -2.94. The summed E-state index contributed by atoms with van der Waals surface area (Å²) in [6.07, 6.45) is 2.99. The van der Waals surface area contributed by atoms with E-state index in [0.717, 1.165) is 38.3 Å². The Morgan fingerprint density at radius 3 is 2.48 bits per heavy atom. The molecule has 0 atom stereocenters. The van der Waals surface area contributed by atoms with Gasteiger partial charge in [0.05, 0.1) is 6.61 Å². The maximum Gasteiger partial charge on any atom is 0.387 e. The zero-order valence-corrected chi connectivity index (χ0v) is 19.3. The summed E-state index contributed by atoms with van der Waals surface area (Å²) >= 11 is 0. The van der Waals surface area contributed by atoms with Crippen LogP contribution in [0.1, 0.15) is 25.0 Å². The van der Waals surface area contributed by atoms with Crippen molar-refractivity contribution in [1.29, 1.82) is 0 Å². The molecule has 0 radical (unpaired) electrons. The summed E-state index contributed by atoms with van der Waals surface area (Å²) in [5.74, 6) is -0.129. The molecule has 0 unspecified atom stereocenters. The van der Waals surface area contributed by atoms with E-state index in [9.17, 15) is 13.6 Å². The first kappa shape index (κ1) is 24.5. The van der Waals surface area contributed by atoms with E-state index in [4.69, 9.17) is 4.74 Å². The van der Waals surface area contributed by atoms with Gasteiger partial charge in [-0.1, -0.05) is 13.0 Å². The van der Waals surface area contributed by atoms with E-state index in [1.54, 1.807) is 25.1 Å². The molecule has 1 aliphatic heterocycles. The van der Waals surface area contributed by atoms with Crippen molar-refractivity contribution in [3.05, 3.63) is 53.6 Å². The Hall–Kier alpha value is -3.13. The summed E-state index contributed by atoms with van der Waals surface area (Å²) in [6, 6.07) is 10.5. The molecule has 1 aliphatic rings. The highest BCUT2D eigenvalue weighted by atomic mass is 19.3. The molecule has 1 fully saturated rings. The van der Waals surface area contributed by atoms with Gasteiger partial charge in [0.15, 0.2) is 11.5 Å². The summed E-state index contributed by atoms with van der Waals surface area (Å²) < 4.78 is 34.9. The number of carbonyl (C=O) groups excluding carboxylic acids is 1. The van der Waals surface area contributed by atoms with Crippen LogP contribution in [0.5, 0.6) is 11.5 Å². The third kappa shape index (κ3) is 6.92. The van der Waals surface area contributed by atoms with Crippen LogP contribution < -0.4 is 19.7 Å². The molecule has 1 heterocycles. The van der Waals surface area contributed by atoms with Gasteiger partial charge in [-0.25, -0.2) is 0 Å². The van der Waals surface area contributed by atoms with Gasteiger partial charge in [-0.15, -0.1) is 0 Å². The number of piperazine rings is 1. The van der Waals surface area contributed by atoms with Gasteiger partial charge >= 0.3 is 6.61 Å². The number of nitrogens with one attached hydrogen (secondary N) is 1. The first-order valence-electron chi connectivity index (χ1n) is 11.2. The zero-order chi connectivity index (χ0) is 23.8. The summed E-state index contributed by atoms with van der Waals surface area (Å²) in [5, 5.41) is 2.87. The monoisotopic (exact) mass is 459 g/mol. The smallest absolute Gasteiger partial charge is 0.387 e. The Kier molecular flexibility index (Phi) is 8.65. The molecule has 0 spiro atoms. The lowest BCUT2D eigenvalue weighted by Crippen LogP contribution is -2.46. The van der Waals surface area contributed by atoms with Crippen LogP contribution >= 0.6 is 0 Å². The number of halogens is 2. The van der Waals surface area contributed by atoms with E-state index in [2.05, 4.69) is 26.8 Å². The number of benzene rings is 2. The number of hydrogen-bond acceptors (Lipinski definition) is 5. The second kappa shape index (κ2) is 11.7. The van der Waals surface area contributed by atoms with Crippen LogP contribution in [-0.4, -0.2) is 56.7 Å². The van der Waals surface area contributed by atoms with Crippen LogP contribution in [0.3, 0.4) is 0 Å². The van der Waals surface area contributed by atoms with Crippen molar-refractivity contribution in [1.82, 2.24) is 4.90 Å². The van der Waals surface area contributed by atoms with Gasteiger partial charge in [0.2, 0.25) is 5.91 Å². The van der Waals surface area contributed by atoms with Crippen LogP contribution in [0.25, 0.3) is 6.08 Å². The van der Waals surface area contributed by atoms with E-state index >= 15 is 0 Å². The highest BCUT2D eigenvalue weighted by Gasteiger charge is 2.17. The van der Waals surface area contributed by atoms with Crippen LogP contribution in [0.15, 0.2) is 42.5 Å². The van der Waals surface area contributed by atoms with Crippen LogP contribution in [0, 0.1) is 6.92 Å². The minimum Gasteiger partial charge on any atom is -0.490 e. The van der Waals surface area contributed by atoms with Crippen LogP contribution in [-0.2, 0) is 4.79 Å². The number of aryl methyl sites for hydroxylation is 1. The number of likely N-dealkylation sites (N-methyl/N-ethyl adjacent to an activating group) is 1. The summed E-state index contributed by atoms with van der Waals surface area (Å²) in [7, 11) is 0. The number of anilines is 2. The lowest BCUT2D eigenvalue weighted by atomic mass is 10.1. The van der Waals surface area contributed by atoms with Gasteiger partial charge in [0.1, 0.15) is 0 Å². The van der Waals surface area contributed by atoms with E-state index in [0.29, 0.717) is 17.9 Å². The van der Waals surface area contributed by atoms with Gasteiger partial charge in [-0.3, -0.25) is 4.79 Å². The van der Waals surface area contributed by atoms with Crippen molar-refractivity contribution in [3.63, 3.8) is 0 Å². The topological polar surface area (TPSA) is 54.0 Å².